The Kier molecular flexibility index (Phi) is 3.98. The molecule has 0 unspecified atom stereocenters. The van der Waals surface area contributed by atoms with E-state index in [0.29, 0.717) is 5.69 Å². The Morgan fingerprint density at radius 3 is 2.92 bits per heavy atom. The molecule has 5 nitrogen and oxygen atoms in total. The lowest BCUT2D eigenvalue weighted by Crippen LogP contribution is -2.11. The number of fused-ring (bicyclic) bond motifs is 1. The van der Waals surface area contributed by atoms with Crippen LogP contribution in [0.2, 0.25) is 0 Å². The molecule has 1 aliphatic heterocycles. The molecule has 2 aromatic heterocycles. The van der Waals surface area contributed by atoms with Gasteiger partial charge in [0.05, 0.1) is 15.7 Å². The van der Waals surface area contributed by atoms with Crippen LogP contribution in [0, 0.1) is 0 Å². The molecular weight excluding hydrogens is 410 g/mol. The van der Waals surface area contributed by atoms with Crippen LogP contribution < -0.4 is 4.72 Å². The number of aromatic nitrogens is 2. The molecule has 0 bridgehead atoms. The molecule has 0 aliphatic carbocycles. The Morgan fingerprint density at radius 1 is 1.25 bits per heavy atom. The summed E-state index contributed by atoms with van der Waals surface area (Å²) < 4.78 is 30.8. The first-order valence-electron chi connectivity index (χ1n) is 7.46. The normalized spacial score (nSPS) is 13.9. The van der Waals surface area contributed by atoms with Crippen LogP contribution in [-0.2, 0) is 23.0 Å². The Balaban J connectivity index is 1.66. The second-order valence-electron chi connectivity index (χ2n) is 5.56. The zero-order chi connectivity index (χ0) is 16.7. The lowest BCUT2D eigenvalue weighted by molar-refractivity contribution is 0.603. The minimum Gasteiger partial charge on any atom is -0.328 e. The van der Waals surface area contributed by atoms with Crippen molar-refractivity contribution >= 4 is 43.0 Å². The van der Waals surface area contributed by atoms with Crippen molar-refractivity contribution in [1.29, 1.82) is 0 Å². The summed E-state index contributed by atoms with van der Waals surface area (Å²) in [5.74, 6) is 1.10. The molecule has 0 atom stereocenters. The van der Waals surface area contributed by atoms with Crippen LogP contribution in [0.1, 0.15) is 12.2 Å². The molecule has 0 amide bonds. The van der Waals surface area contributed by atoms with Crippen molar-refractivity contribution in [3.8, 4) is 11.3 Å². The van der Waals surface area contributed by atoms with Gasteiger partial charge in [-0.2, -0.15) is 0 Å². The van der Waals surface area contributed by atoms with E-state index in [1.54, 1.807) is 18.2 Å². The van der Waals surface area contributed by atoms with E-state index in [2.05, 4.69) is 30.2 Å². The summed E-state index contributed by atoms with van der Waals surface area (Å²) in [7, 11) is -3.57. The van der Waals surface area contributed by atoms with E-state index in [9.17, 15) is 8.42 Å². The van der Waals surface area contributed by atoms with E-state index < -0.39 is 10.0 Å². The number of nitrogens with one attached hydrogen (secondary N) is 1. The number of rotatable bonds is 4. The number of halogens is 1. The fourth-order valence-electron chi connectivity index (χ4n) is 2.88. The summed E-state index contributed by atoms with van der Waals surface area (Å²) in [5, 5.41) is 0. The van der Waals surface area contributed by atoms with E-state index >= 15 is 0 Å². The number of aryl methyl sites for hydroxylation is 1. The molecule has 0 fully saturated rings. The van der Waals surface area contributed by atoms with Gasteiger partial charge in [-0.05, 0) is 46.6 Å². The topological polar surface area (TPSA) is 64.0 Å². The number of imidazole rings is 1. The summed E-state index contributed by atoms with van der Waals surface area (Å²) in [6.07, 6.45) is 3.97. The SMILES string of the molecule is O=S(=O)(Nc1cccc(-c2cnc3n2CCC3)c1)c1ccc(Br)s1. The highest BCUT2D eigenvalue weighted by atomic mass is 79.9. The van der Waals surface area contributed by atoms with Gasteiger partial charge < -0.3 is 4.57 Å². The molecule has 4 rings (SSSR count). The molecule has 3 heterocycles. The number of sulfonamides is 1. The maximum atomic E-state index is 12.5. The lowest BCUT2D eigenvalue weighted by Gasteiger charge is -2.09. The van der Waals surface area contributed by atoms with Crippen molar-refractivity contribution in [2.24, 2.45) is 0 Å². The number of hydrogen-bond donors (Lipinski definition) is 1. The molecule has 0 saturated carbocycles. The summed E-state index contributed by atoms with van der Waals surface area (Å²) >= 11 is 4.48. The van der Waals surface area contributed by atoms with Gasteiger partial charge in [0.25, 0.3) is 10.0 Å². The van der Waals surface area contributed by atoms with Crippen molar-refractivity contribution in [3.63, 3.8) is 0 Å². The quantitative estimate of drug-likeness (QED) is 0.685. The smallest absolute Gasteiger partial charge is 0.271 e. The molecular formula is C16H14BrN3O2S2. The predicted molar refractivity (Wildman–Crippen MR) is 98.8 cm³/mol. The average molecular weight is 424 g/mol. The van der Waals surface area contributed by atoms with Gasteiger partial charge in [-0.25, -0.2) is 13.4 Å². The van der Waals surface area contributed by atoms with Crippen molar-refractivity contribution in [3.05, 3.63) is 52.2 Å². The zero-order valence-electron chi connectivity index (χ0n) is 12.6. The monoisotopic (exact) mass is 423 g/mol. The molecule has 3 aromatic rings. The number of benzene rings is 1. The third kappa shape index (κ3) is 2.89. The van der Waals surface area contributed by atoms with Crippen LogP contribution in [0.3, 0.4) is 0 Å². The first-order valence-corrected chi connectivity index (χ1v) is 10.6. The van der Waals surface area contributed by atoms with E-state index in [0.717, 1.165) is 40.3 Å². The van der Waals surface area contributed by atoms with Crippen molar-refractivity contribution < 1.29 is 8.42 Å². The fourth-order valence-corrected chi connectivity index (χ4v) is 5.94. The number of hydrogen-bond acceptors (Lipinski definition) is 4. The van der Waals surface area contributed by atoms with Gasteiger partial charge in [0.2, 0.25) is 0 Å². The third-order valence-electron chi connectivity index (χ3n) is 3.94. The fraction of sp³-hybridized carbons (Fsp3) is 0.188. The summed E-state index contributed by atoms with van der Waals surface area (Å²) in [6.45, 7) is 0.962. The summed E-state index contributed by atoms with van der Waals surface area (Å²) in [6, 6.07) is 10.7. The van der Waals surface area contributed by atoms with E-state index in [1.807, 2.05) is 24.4 Å². The molecule has 0 saturated heterocycles. The van der Waals surface area contributed by atoms with Crippen LogP contribution in [0.4, 0.5) is 5.69 Å². The van der Waals surface area contributed by atoms with Crippen LogP contribution in [-0.4, -0.2) is 18.0 Å². The second-order valence-corrected chi connectivity index (χ2v) is 9.93. The molecule has 1 aliphatic rings. The Bertz CT molecular complexity index is 1010. The summed E-state index contributed by atoms with van der Waals surface area (Å²) in [5.41, 5.74) is 2.54. The molecule has 124 valence electrons. The standard InChI is InChI=1S/C16H14BrN3O2S2/c17-14-6-7-16(23-14)24(21,22)19-12-4-1-3-11(9-12)13-10-18-15-5-2-8-20(13)15/h1,3-4,6-7,9-10,19H,2,5,8H2. The minimum absolute atomic E-state index is 0.282. The first kappa shape index (κ1) is 15.9. The largest absolute Gasteiger partial charge is 0.328 e. The van der Waals surface area contributed by atoms with Crippen molar-refractivity contribution in [2.75, 3.05) is 4.72 Å². The second kappa shape index (κ2) is 6.02. The highest BCUT2D eigenvalue weighted by molar-refractivity contribution is 9.11. The zero-order valence-corrected chi connectivity index (χ0v) is 15.8. The molecule has 24 heavy (non-hydrogen) atoms. The third-order valence-corrected chi connectivity index (χ3v) is 7.44. The lowest BCUT2D eigenvalue weighted by atomic mass is 10.1. The van der Waals surface area contributed by atoms with Crippen molar-refractivity contribution in [2.45, 2.75) is 23.6 Å². The number of nitrogens with zero attached hydrogens (tertiary/aromatic N) is 2. The predicted octanol–water partition coefficient (Wildman–Crippen LogP) is 4.12. The van der Waals surface area contributed by atoms with Crippen LogP contribution in [0.15, 0.2) is 50.6 Å². The Labute approximate surface area is 152 Å². The van der Waals surface area contributed by atoms with Crippen LogP contribution >= 0.6 is 27.3 Å². The average Bonchev–Trinajstić information content (AvgIpc) is 3.22. The Hall–Kier alpha value is -1.64. The van der Waals surface area contributed by atoms with Gasteiger partial charge in [0, 0.05) is 24.2 Å². The van der Waals surface area contributed by atoms with E-state index in [1.165, 1.54) is 11.3 Å². The molecule has 1 N–H and O–H groups in total. The maximum absolute atomic E-state index is 12.5. The molecule has 8 heteroatoms. The summed E-state index contributed by atoms with van der Waals surface area (Å²) in [4.78, 5) is 4.45. The highest BCUT2D eigenvalue weighted by Gasteiger charge is 2.19. The van der Waals surface area contributed by atoms with Gasteiger partial charge in [-0.15, -0.1) is 11.3 Å². The number of thiophene rings is 1. The Morgan fingerprint density at radius 2 is 2.12 bits per heavy atom. The van der Waals surface area contributed by atoms with Gasteiger partial charge in [0.1, 0.15) is 10.0 Å². The molecule has 0 radical (unpaired) electrons. The highest BCUT2D eigenvalue weighted by Crippen LogP contribution is 2.30. The van der Waals surface area contributed by atoms with Crippen molar-refractivity contribution in [1.82, 2.24) is 9.55 Å². The van der Waals surface area contributed by atoms with Gasteiger partial charge in [-0.3, -0.25) is 4.72 Å². The minimum atomic E-state index is -3.57. The van der Waals surface area contributed by atoms with Gasteiger partial charge in [0.15, 0.2) is 0 Å². The van der Waals surface area contributed by atoms with E-state index in [-0.39, 0.29) is 4.21 Å². The first-order chi connectivity index (χ1) is 11.5. The van der Waals surface area contributed by atoms with Gasteiger partial charge in [-0.1, -0.05) is 12.1 Å². The van der Waals surface area contributed by atoms with Crippen LogP contribution in [0.25, 0.3) is 11.3 Å². The van der Waals surface area contributed by atoms with Gasteiger partial charge >= 0.3 is 0 Å². The maximum Gasteiger partial charge on any atom is 0.271 e. The number of anilines is 1. The van der Waals surface area contributed by atoms with Crippen LogP contribution in [0.5, 0.6) is 0 Å². The molecule has 1 aromatic carbocycles. The molecule has 0 spiro atoms. The van der Waals surface area contributed by atoms with E-state index in [4.69, 9.17) is 0 Å².